The van der Waals surface area contributed by atoms with Gasteiger partial charge in [-0.25, -0.2) is 0 Å². The molecule has 2 rings (SSSR count). The van der Waals surface area contributed by atoms with Crippen LogP contribution in [0.4, 0.5) is 0 Å². The van der Waals surface area contributed by atoms with Crippen molar-refractivity contribution in [2.75, 3.05) is 13.1 Å². The Kier molecular flexibility index (Phi) is 4.57. The molecule has 116 valence electrons. The Hall–Kier alpha value is -1.55. The first-order chi connectivity index (χ1) is 9.77. The summed E-state index contributed by atoms with van der Waals surface area (Å²) >= 11 is 0. The maximum absolute atomic E-state index is 12.3. The normalized spacial score (nSPS) is 20.4. The van der Waals surface area contributed by atoms with Crippen LogP contribution in [0.15, 0.2) is 24.3 Å². The third kappa shape index (κ3) is 3.97. The minimum absolute atomic E-state index is 0.0165. The number of rotatable bonds is 3. The molecule has 21 heavy (non-hydrogen) atoms. The first-order valence-electron chi connectivity index (χ1n) is 7.59. The maximum Gasteiger partial charge on any atom is 0.263 e. The molecule has 1 aromatic carbocycles. The van der Waals surface area contributed by atoms with Crippen LogP contribution in [0, 0.1) is 0 Å². The summed E-state index contributed by atoms with van der Waals surface area (Å²) in [7, 11) is 0. The Labute approximate surface area is 127 Å². The van der Waals surface area contributed by atoms with E-state index in [1.807, 2.05) is 12.1 Å². The van der Waals surface area contributed by atoms with Gasteiger partial charge in [0.05, 0.1) is 0 Å². The van der Waals surface area contributed by atoms with Gasteiger partial charge in [-0.1, -0.05) is 32.9 Å². The number of hydrogen-bond donors (Lipinski definition) is 1. The van der Waals surface area contributed by atoms with Gasteiger partial charge >= 0.3 is 0 Å². The van der Waals surface area contributed by atoms with Gasteiger partial charge in [0.25, 0.3) is 5.91 Å². The summed E-state index contributed by atoms with van der Waals surface area (Å²) in [5.41, 5.74) is 7.20. The molecule has 1 saturated heterocycles. The second-order valence-corrected chi connectivity index (χ2v) is 6.87. The van der Waals surface area contributed by atoms with E-state index in [-0.39, 0.29) is 17.4 Å². The van der Waals surface area contributed by atoms with Crippen LogP contribution in [0.3, 0.4) is 0 Å². The molecule has 0 aromatic heterocycles. The Bertz CT molecular complexity index is 491. The number of hydrogen-bond acceptors (Lipinski definition) is 3. The zero-order valence-corrected chi connectivity index (χ0v) is 13.4. The fraction of sp³-hybridized carbons (Fsp3) is 0.588. The Morgan fingerprint density at radius 3 is 2.43 bits per heavy atom. The highest BCUT2D eigenvalue weighted by Crippen LogP contribution is 2.25. The van der Waals surface area contributed by atoms with Crippen LogP contribution < -0.4 is 10.5 Å². The Morgan fingerprint density at radius 2 is 1.95 bits per heavy atom. The molecule has 1 heterocycles. The first kappa shape index (κ1) is 15.8. The fourth-order valence-electron chi connectivity index (χ4n) is 2.53. The van der Waals surface area contributed by atoms with Gasteiger partial charge in [0, 0.05) is 19.1 Å². The van der Waals surface area contributed by atoms with E-state index in [1.54, 1.807) is 11.8 Å². The van der Waals surface area contributed by atoms with Gasteiger partial charge < -0.3 is 15.4 Å². The van der Waals surface area contributed by atoms with Crippen LogP contribution in [-0.4, -0.2) is 36.0 Å². The number of amides is 1. The predicted molar refractivity (Wildman–Crippen MR) is 84.4 cm³/mol. The zero-order valence-electron chi connectivity index (χ0n) is 13.4. The molecule has 2 atom stereocenters. The summed E-state index contributed by atoms with van der Waals surface area (Å²) in [6, 6.07) is 8.07. The van der Waals surface area contributed by atoms with Crippen LogP contribution >= 0.6 is 0 Å². The molecule has 4 heteroatoms. The molecule has 1 unspecified atom stereocenters. The van der Waals surface area contributed by atoms with Crippen molar-refractivity contribution < 1.29 is 9.53 Å². The van der Waals surface area contributed by atoms with Crippen molar-refractivity contribution in [1.29, 1.82) is 0 Å². The Balaban J connectivity index is 1.96. The van der Waals surface area contributed by atoms with Gasteiger partial charge in [-0.2, -0.15) is 0 Å². The molecule has 1 aromatic rings. The molecule has 1 amide bonds. The predicted octanol–water partition coefficient (Wildman–Crippen LogP) is 2.31. The minimum Gasteiger partial charge on any atom is -0.481 e. The number of carbonyl (C=O) groups excluding carboxylic acids is 1. The number of nitrogens with two attached hydrogens (primary N) is 1. The highest BCUT2D eigenvalue weighted by Gasteiger charge is 2.28. The minimum atomic E-state index is -0.476. The van der Waals surface area contributed by atoms with E-state index in [1.165, 1.54) is 5.56 Å². The SMILES string of the molecule is CC(Oc1ccc(C(C)(C)C)cc1)C(=O)N1CC[C@@H](N)C1. The topological polar surface area (TPSA) is 55.6 Å². The van der Waals surface area contributed by atoms with Crippen molar-refractivity contribution in [3.63, 3.8) is 0 Å². The zero-order chi connectivity index (χ0) is 15.6. The first-order valence-corrected chi connectivity index (χ1v) is 7.59. The molecule has 0 saturated carbocycles. The summed E-state index contributed by atoms with van der Waals surface area (Å²) < 4.78 is 5.76. The van der Waals surface area contributed by atoms with Crippen LogP contribution in [0.2, 0.25) is 0 Å². The molecule has 0 radical (unpaired) electrons. The van der Waals surface area contributed by atoms with E-state index in [2.05, 4.69) is 32.9 Å². The van der Waals surface area contributed by atoms with Gasteiger partial charge in [-0.15, -0.1) is 0 Å². The van der Waals surface area contributed by atoms with Crippen LogP contribution in [0.5, 0.6) is 5.75 Å². The summed E-state index contributed by atoms with van der Waals surface area (Å²) in [5, 5.41) is 0. The van der Waals surface area contributed by atoms with Gasteiger partial charge in [0.1, 0.15) is 5.75 Å². The van der Waals surface area contributed by atoms with Gasteiger partial charge in [0.15, 0.2) is 6.10 Å². The highest BCUT2D eigenvalue weighted by atomic mass is 16.5. The van der Waals surface area contributed by atoms with Crippen LogP contribution in [0.1, 0.15) is 39.7 Å². The van der Waals surface area contributed by atoms with Crippen molar-refractivity contribution >= 4 is 5.91 Å². The van der Waals surface area contributed by atoms with Gasteiger partial charge in [0.2, 0.25) is 0 Å². The van der Waals surface area contributed by atoms with E-state index in [0.717, 1.165) is 18.7 Å². The summed E-state index contributed by atoms with van der Waals surface area (Å²) in [6.07, 6.45) is 0.398. The molecular weight excluding hydrogens is 264 g/mol. The molecule has 0 aliphatic carbocycles. The summed E-state index contributed by atoms with van der Waals surface area (Å²) in [6.45, 7) is 9.68. The lowest BCUT2D eigenvalue weighted by Gasteiger charge is -2.22. The quantitative estimate of drug-likeness (QED) is 0.929. The van der Waals surface area contributed by atoms with E-state index < -0.39 is 6.10 Å². The lowest BCUT2D eigenvalue weighted by Crippen LogP contribution is -2.40. The summed E-state index contributed by atoms with van der Waals surface area (Å²) in [4.78, 5) is 14.1. The lowest BCUT2D eigenvalue weighted by molar-refractivity contribution is -0.136. The molecule has 0 spiro atoms. The largest absolute Gasteiger partial charge is 0.481 e. The fourth-order valence-corrected chi connectivity index (χ4v) is 2.53. The van der Waals surface area contributed by atoms with E-state index in [9.17, 15) is 4.79 Å². The highest BCUT2D eigenvalue weighted by molar-refractivity contribution is 5.81. The second-order valence-electron chi connectivity index (χ2n) is 6.87. The van der Waals surface area contributed by atoms with Crippen molar-refractivity contribution in [3.8, 4) is 5.75 Å². The smallest absolute Gasteiger partial charge is 0.263 e. The average Bonchev–Trinajstić information content (AvgIpc) is 2.84. The van der Waals surface area contributed by atoms with Gasteiger partial charge in [-0.3, -0.25) is 4.79 Å². The summed E-state index contributed by atoms with van der Waals surface area (Å²) in [5.74, 6) is 0.746. The monoisotopic (exact) mass is 290 g/mol. The molecule has 1 fully saturated rings. The van der Waals surface area contributed by atoms with E-state index in [4.69, 9.17) is 10.5 Å². The lowest BCUT2D eigenvalue weighted by atomic mass is 9.87. The van der Waals surface area contributed by atoms with Crippen LogP contribution in [0.25, 0.3) is 0 Å². The van der Waals surface area contributed by atoms with Crippen molar-refractivity contribution in [3.05, 3.63) is 29.8 Å². The number of benzene rings is 1. The standard InChI is InChI=1S/C17H26N2O2/c1-12(16(20)19-10-9-14(18)11-19)21-15-7-5-13(6-8-15)17(2,3)4/h5-8,12,14H,9-11,18H2,1-4H3/t12?,14-/m1/s1. The number of carbonyl (C=O) groups is 1. The molecule has 1 aliphatic heterocycles. The number of nitrogens with zero attached hydrogens (tertiary/aromatic N) is 1. The molecule has 4 nitrogen and oxygen atoms in total. The molecule has 1 aliphatic rings. The van der Waals surface area contributed by atoms with Crippen LogP contribution in [-0.2, 0) is 10.2 Å². The number of ether oxygens (including phenoxy) is 1. The van der Waals surface area contributed by atoms with Crippen molar-refractivity contribution in [2.24, 2.45) is 5.73 Å². The Morgan fingerprint density at radius 1 is 1.33 bits per heavy atom. The van der Waals surface area contributed by atoms with Crippen molar-refractivity contribution in [1.82, 2.24) is 4.90 Å². The third-order valence-electron chi connectivity index (χ3n) is 3.92. The van der Waals surface area contributed by atoms with E-state index >= 15 is 0 Å². The second kappa shape index (κ2) is 6.06. The van der Waals surface area contributed by atoms with E-state index in [0.29, 0.717) is 6.54 Å². The molecule has 0 bridgehead atoms. The maximum atomic E-state index is 12.3. The number of likely N-dealkylation sites (tertiary alicyclic amines) is 1. The van der Waals surface area contributed by atoms with Crippen molar-refractivity contribution in [2.45, 2.75) is 51.7 Å². The molecule has 2 N–H and O–H groups in total. The average molecular weight is 290 g/mol. The van der Waals surface area contributed by atoms with Gasteiger partial charge in [-0.05, 0) is 36.5 Å². The molecular formula is C17H26N2O2. The third-order valence-corrected chi connectivity index (χ3v) is 3.92.